The van der Waals surface area contributed by atoms with Gasteiger partial charge in [-0.2, -0.15) is 4.39 Å². The molecule has 3 rings (SSSR count). The second-order valence-corrected chi connectivity index (χ2v) is 6.44. The van der Waals surface area contributed by atoms with Gasteiger partial charge in [-0.15, -0.1) is 0 Å². The summed E-state index contributed by atoms with van der Waals surface area (Å²) in [5.74, 6) is -2.66. The summed E-state index contributed by atoms with van der Waals surface area (Å²) in [6.45, 7) is -0.836. The van der Waals surface area contributed by atoms with E-state index < -0.39 is 53.5 Å². The van der Waals surface area contributed by atoms with Gasteiger partial charge in [0.25, 0.3) is 5.56 Å². The first-order valence-corrected chi connectivity index (χ1v) is 8.65. The van der Waals surface area contributed by atoms with E-state index in [2.05, 4.69) is 0 Å². The van der Waals surface area contributed by atoms with Crippen molar-refractivity contribution in [1.82, 2.24) is 9.55 Å². The zero-order chi connectivity index (χ0) is 22.2. The van der Waals surface area contributed by atoms with Crippen LogP contribution >= 0.6 is 0 Å². The minimum Gasteiger partial charge on any atom is -0.496 e. The number of Topliss-reactive ketones (excluding diaryl/α,β-unsaturated/α-hetero) is 1. The topological polar surface area (TPSA) is 160 Å². The van der Waals surface area contributed by atoms with E-state index in [1.807, 2.05) is 0 Å². The SMILES string of the molecule is COc1cccc(OC)c1C(=O)[C@@]1(n2cc(F)c(=O)[nH]c2=O)O[C@H](CO)[C@@H](O)[C@H]1O. The largest absolute Gasteiger partial charge is 0.496 e. The minimum atomic E-state index is -2.75. The number of aromatic nitrogens is 2. The molecule has 1 aliphatic rings. The Morgan fingerprint density at radius 3 is 2.37 bits per heavy atom. The summed E-state index contributed by atoms with van der Waals surface area (Å²) in [4.78, 5) is 39.3. The molecule has 0 unspecified atom stereocenters. The molecule has 0 radical (unpaired) electrons. The van der Waals surface area contributed by atoms with Crippen LogP contribution in [0.25, 0.3) is 0 Å². The second-order valence-electron chi connectivity index (χ2n) is 6.44. The van der Waals surface area contributed by atoms with E-state index in [-0.39, 0.29) is 17.1 Å². The van der Waals surface area contributed by atoms with E-state index in [1.165, 1.54) is 32.4 Å². The molecule has 0 spiro atoms. The quantitative estimate of drug-likeness (QED) is 0.396. The lowest BCUT2D eigenvalue weighted by Crippen LogP contribution is -2.57. The van der Waals surface area contributed by atoms with Gasteiger partial charge in [-0.1, -0.05) is 6.07 Å². The molecule has 0 bridgehead atoms. The smallest absolute Gasteiger partial charge is 0.331 e. The average Bonchev–Trinajstić information content (AvgIpc) is 3.00. The van der Waals surface area contributed by atoms with Crippen LogP contribution in [0.5, 0.6) is 11.5 Å². The number of halogens is 1. The maximum absolute atomic E-state index is 14.0. The Hall–Kier alpha value is -3.06. The molecule has 0 aliphatic carbocycles. The number of ether oxygens (including phenoxy) is 3. The zero-order valence-electron chi connectivity index (χ0n) is 15.9. The minimum absolute atomic E-state index is 0.0330. The first-order valence-electron chi connectivity index (χ1n) is 8.65. The maximum atomic E-state index is 14.0. The summed E-state index contributed by atoms with van der Waals surface area (Å²) in [6.07, 6.45) is -5.11. The van der Waals surface area contributed by atoms with Gasteiger partial charge in [0.05, 0.1) is 27.0 Å². The van der Waals surface area contributed by atoms with Crippen LogP contribution in [0.1, 0.15) is 10.4 Å². The Morgan fingerprint density at radius 1 is 1.27 bits per heavy atom. The predicted molar refractivity (Wildman–Crippen MR) is 97.1 cm³/mol. The fourth-order valence-electron chi connectivity index (χ4n) is 3.40. The number of aliphatic hydroxyl groups excluding tert-OH is 3. The Morgan fingerprint density at radius 2 is 1.87 bits per heavy atom. The number of nitrogens with one attached hydrogen (secondary N) is 1. The number of benzene rings is 1. The zero-order valence-corrected chi connectivity index (χ0v) is 15.9. The third kappa shape index (κ3) is 3.10. The van der Waals surface area contributed by atoms with E-state index in [0.29, 0.717) is 10.8 Å². The first kappa shape index (κ1) is 21.6. The van der Waals surface area contributed by atoms with Gasteiger partial charge in [-0.3, -0.25) is 19.1 Å². The normalized spacial score (nSPS) is 25.9. The monoisotopic (exact) mass is 426 g/mol. The van der Waals surface area contributed by atoms with Gasteiger partial charge in [0.1, 0.15) is 35.4 Å². The standard InChI is InChI=1S/C18H19FN2O9/c1-28-9-4-3-5-10(29-2)12(9)14(24)18(15(25)13(23)11(7-22)30-18)21-6-8(19)16(26)20-17(21)27/h3-6,11,13,15,22-23,25H,7H2,1-2H3,(H,20,26,27)/t11-,13-,15-,18-/m1/s1. The molecule has 11 nitrogen and oxygen atoms in total. The number of hydrogen-bond donors (Lipinski definition) is 4. The number of nitrogens with zero attached hydrogens (tertiary/aromatic N) is 1. The molecule has 4 atom stereocenters. The van der Waals surface area contributed by atoms with Crippen molar-refractivity contribution in [2.75, 3.05) is 20.8 Å². The molecule has 4 N–H and O–H groups in total. The first-order chi connectivity index (χ1) is 14.2. The summed E-state index contributed by atoms with van der Waals surface area (Å²) in [5, 5.41) is 30.5. The van der Waals surface area contributed by atoms with Crippen LogP contribution < -0.4 is 20.7 Å². The number of methoxy groups -OCH3 is 2. The van der Waals surface area contributed by atoms with E-state index in [4.69, 9.17) is 14.2 Å². The summed E-state index contributed by atoms with van der Waals surface area (Å²) in [7, 11) is 2.50. The lowest BCUT2D eigenvalue weighted by atomic mass is 9.92. The van der Waals surface area contributed by atoms with Crippen LogP contribution in [0.15, 0.2) is 34.0 Å². The molecular formula is C18H19FN2O9. The van der Waals surface area contributed by atoms with Crippen LogP contribution in [0.3, 0.4) is 0 Å². The summed E-state index contributed by atoms with van der Waals surface area (Å²) in [5.41, 5.74) is -5.70. The van der Waals surface area contributed by atoms with E-state index >= 15 is 0 Å². The van der Waals surface area contributed by atoms with Gasteiger partial charge in [-0.05, 0) is 12.1 Å². The maximum Gasteiger partial charge on any atom is 0.331 e. The lowest BCUT2D eigenvalue weighted by molar-refractivity contribution is -0.118. The third-order valence-electron chi connectivity index (χ3n) is 4.85. The van der Waals surface area contributed by atoms with Crippen LogP contribution in [-0.4, -0.2) is 69.8 Å². The molecule has 1 saturated heterocycles. The highest BCUT2D eigenvalue weighted by Gasteiger charge is 2.61. The number of aromatic amines is 1. The van der Waals surface area contributed by atoms with Gasteiger partial charge < -0.3 is 29.5 Å². The lowest BCUT2D eigenvalue weighted by Gasteiger charge is -2.32. The second kappa shape index (κ2) is 7.99. The molecule has 1 aromatic heterocycles. The number of aliphatic hydroxyl groups is 3. The van der Waals surface area contributed by atoms with Crippen molar-refractivity contribution in [3.8, 4) is 11.5 Å². The summed E-state index contributed by atoms with van der Waals surface area (Å²) in [6, 6.07) is 4.28. The molecule has 1 aromatic carbocycles. The highest BCUT2D eigenvalue weighted by atomic mass is 19.1. The average molecular weight is 426 g/mol. The van der Waals surface area contributed by atoms with Crippen molar-refractivity contribution < 1.29 is 38.7 Å². The summed E-state index contributed by atoms with van der Waals surface area (Å²) < 4.78 is 30.2. The van der Waals surface area contributed by atoms with Crippen molar-refractivity contribution in [2.24, 2.45) is 0 Å². The van der Waals surface area contributed by atoms with Crippen LogP contribution in [0, 0.1) is 5.82 Å². The number of carbonyl (C=O) groups is 1. The number of ketones is 1. The van der Waals surface area contributed by atoms with Crippen molar-refractivity contribution in [1.29, 1.82) is 0 Å². The predicted octanol–water partition coefficient (Wildman–Crippen LogP) is -1.66. The van der Waals surface area contributed by atoms with Gasteiger partial charge >= 0.3 is 5.69 Å². The molecule has 0 amide bonds. The molecule has 30 heavy (non-hydrogen) atoms. The fourth-order valence-corrected chi connectivity index (χ4v) is 3.40. The van der Waals surface area contributed by atoms with Crippen molar-refractivity contribution >= 4 is 5.78 Å². The van der Waals surface area contributed by atoms with Crippen LogP contribution in [0.4, 0.5) is 4.39 Å². The third-order valence-corrected chi connectivity index (χ3v) is 4.85. The molecule has 2 heterocycles. The Labute approximate surface area is 167 Å². The molecule has 1 fully saturated rings. The highest BCUT2D eigenvalue weighted by Crippen LogP contribution is 2.41. The van der Waals surface area contributed by atoms with Crippen molar-refractivity contribution in [3.63, 3.8) is 0 Å². The highest BCUT2D eigenvalue weighted by molar-refractivity contribution is 6.06. The summed E-state index contributed by atoms with van der Waals surface area (Å²) >= 11 is 0. The van der Waals surface area contributed by atoms with Crippen molar-refractivity contribution in [3.05, 3.63) is 56.6 Å². The molecule has 162 valence electrons. The molecule has 2 aromatic rings. The van der Waals surface area contributed by atoms with Crippen molar-refractivity contribution in [2.45, 2.75) is 24.0 Å². The Bertz CT molecular complexity index is 1060. The number of hydrogen-bond acceptors (Lipinski definition) is 9. The van der Waals surface area contributed by atoms with E-state index in [1.54, 1.807) is 4.98 Å². The van der Waals surface area contributed by atoms with Gasteiger partial charge in [0.15, 0.2) is 0 Å². The Balaban J connectivity index is 2.36. The van der Waals surface area contributed by atoms with Gasteiger partial charge in [0, 0.05) is 0 Å². The molecule has 1 aliphatic heterocycles. The fraction of sp³-hybridized carbons (Fsp3) is 0.389. The number of H-pyrrole nitrogens is 1. The van der Waals surface area contributed by atoms with Gasteiger partial charge in [0.2, 0.25) is 17.3 Å². The number of rotatable bonds is 6. The molecule has 12 heteroatoms. The van der Waals surface area contributed by atoms with Crippen LogP contribution in [-0.2, 0) is 10.5 Å². The Kier molecular flexibility index (Phi) is 5.76. The van der Waals surface area contributed by atoms with Gasteiger partial charge in [-0.25, -0.2) is 4.79 Å². The van der Waals surface area contributed by atoms with E-state index in [0.717, 1.165) is 0 Å². The van der Waals surface area contributed by atoms with Crippen LogP contribution in [0.2, 0.25) is 0 Å². The molecular weight excluding hydrogens is 407 g/mol. The van der Waals surface area contributed by atoms with E-state index in [9.17, 15) is 34.1 Å². The molecule has 0 saturated carbocycles. The number of carbonyl (C=O) groups excluding carboxylic acids is 1.